The fourth-order valence-corrected chi connectivity index (χ4v) is 2.70. The van der Waals surface area contributed by atoms with Crippen LogP contribution in [0.15, 0.2) is 12.1 Å². The highest BCUT2D eigenvalue weighted by Gasteiger charge is 2.23. The molecular formula is C17H28N2O2. The summed E-state index contributed by atoms with van der Waals surface area (Å²) in [5.74, 6) is 0.987. The van der Waals surface area contributed by atoms with Crippen LogP contribution in [-0.4, -0.2) is 35.9 Å². The molecule has 118 valence electrons. The first kappa shape index (κ1) is 16.2. The molecule has 0 atom stereocenters. The molecule has 0 saturated carbocycles. The molecule has 1 fully saturated rings. The summed E-state index contributed by atoms with van der Waals surface area (Å²) in [5, 5.41) is 9.50. The predicted molar refractivity (Wildman–Crippen MR) is 85.7 cm³/mol. The normalized spacial score (nSPS) is 17.3. The molecule has 2 heterocycles. The molecule has 2 rings (SSSR count). The van der Waals surface area contributed by atoms with Crippen LogP contribution in [0.4, 0.5) is 5.82 Å². The van der Waals surface area contributed by atoms with E-state index >= 15 is 0 Å². The van der Waals surface area contributed by atoms with Gasteiger partial charge in [0.15, 0.2) is 0 Å². The molecule has 4 heteroatoms. The maximum atomic E-state index is 9.50. The first-order valence-corrected chi connectivity index (χ1v) is 7.93. The van der Waals surface area contributed by atoms with E-state index in [-0.39, 0.29) is 12.0 Å². The Morgan fingerprint density at radius 3 is 2.48 bits per heavy atom. The Labute approximate surface area is 128 Å². The molecule has 0 spiro atoms. The molecule has 0 aliphatic carbocycles. The molecule has 0 unspecified atom stereocenters. The van der Waals surface area contributed by atoms with Crippen molar-refractivity contribution in [1.29, 1.82) is 0 Å². The Morgan fingerprint density at radius 1 is 1.29 bits per heavy atom. The average molecular weight is 292 g/mol. The minimum absolute atomic E-state index is 0.0103. The Hall–Kier alpha value is -1.13. The number of hydrogen-bond acceptors (Lipinski definition) is 4. The minimum atomic E-state index is -0.0103. The molecule has 1 aliphatic rings. The van der Waals surface area contributed by atoms with Crippen molar-refractivity contribution < 1.29 is 9.84 Å². The lowest BCUT2D eigenvalue weighted by molar-refractivity contribution is 0.0458. The van der Waals surface area contributed by atoms with Gasteiger partial charge in [0.05, 0.1) is 12.7 Å². The van der Waals surface area contributed by atoms with Crippen LogP contribution in [0.3, 0.4) is 0 Å². The second-order valence-electron chi connectivity index (χ2n) is 6.77. The van der Waals surface area contributed by atoms with Crippen LogP contribution >= 0.6 is 0 Å². The van der Waals surface area contributed by atoms with Crippen molar-refractivity contribution in [3.05, 3.63) is 23.4 Å². The van der Waals surface area contributed by atoms with Gasteiger partial charge in [-0.1, -0.05) is 20.8 Å². The standard InChI is InChI=1S/C17H28N2O2/c1-5-21-14-6-8-19(9-7-14)16-11-13(12-20)10-15(18-16)17(2,3)4/h10-11,14,20H,5-9,12H2,1-4H3. The van der Waals surface area contributed by atoms with E-state index in [9.17, 15) is 5.11 Å². The fourth-order valence-electron chi connectivity index (χ4n) is 2.70. The van der Waals surface area contributed by atoms with E-state index in [4.69, 9.17) is 9.72 Å². The monoisotopic (exact) mass is 292 g/mol. The summed E-state index contributed by atoms with van der Waals surface area (Å²) in [4.78, 5) is 7.13. The number of rotatable bonds is 4. The third kappa shape index (κ3) is 4.17. The summed E-state index contributed by atoms with van der Waals surface area (Å²) in [6, 6.07) is 4.02. The van der Waals surface area contributed by atoms with Crippen molar-refractivity contribution in [2.24, 2.45) is 0 Å². The average Bonchev–Trinajstić information content (AvgIpc) is 2.47. The minimum Gasteiger partial charge on any atom is -0.392 e. The number of hydrogen-bond donors (Lipinski definition) is 1. The highest BCUT2D eigenvalue weighted by atomic mass is 16.5. The van der Waals surface area contributed by atoms with Crippen LogP contribution in [0.5, 0.6) is 0 Å². The number of anilines is 1. The third-order valence-electron chi connectivity index (χ3n) is 3.99. The second-order valence-corrected chi connectivity index (χ2v) is 6.77. The Bertz CT molecular complexity index is 460. The highest BCUT2D eigenvalue weighted by molar-refractivity contribution is 5.44. The molecule has 0 radical (unpaired) electrons. The number of aliphatic hydroxyl groups excluding tert-OH is 1. The van der Waals surface area contributed by atoms with Crippen molar-refractivity contribution >= 4 is 5.82 Å². The van der Waals surface area contributed by atoms with Crippen molar-refractivity contribution in [2.45, 2.75) is 58.7 Å². The maximum absolute atomic E-state index is 9.50. The number of pyridine rings is 1. The lowest BCUT2D eigenvalue weighted by Gasteiger charge is -2.33. The molecule has 21 heavy (non-hydrogen) atoms. The van der Waals surface area contributed by atoms with E-state index in [1.54, 1.807) is 0 Å². The molecule has 1 aromatic heterocycles. The molecule has 1 aromatic rings. The van der Waals surface area contributed by atoms with Crippen molar-refractivity contribution in [3.8, 4) is 0 Å². The first-order chi connectivity index (χ1) is 9.94. The van der Waals surface area contributed by atoms with Crippen LogP contribution in [-0.2, 0) is 16.8 Å². The summed E-state index contributed by atoms with van der Waals surface area (Å²) in [6.45, 7) is 11.3. The van der Waals surface area contributed by atoms with Crippen LogP contribution in [0.2, 0.25) is 0 Å². The van der Waals surface area contributed by atoms with Gasteiger partial charge in [-0.25, -0.2) is 4.98 Å². The van der Waals surface area contributed by atoms with Crippen LogP contribution in [0.1, 0.15) is 51.8 Å². The van der Waals surface area contributed by atoms with E-state index in [0.717, 1.165) is 49.6 Å². The number of aromatic nitrogens is 1. The fraction of sp³-hybridized carbons (Fsp3) is 0.706. The molecule has 0 amide bonds. The van der Waals surface area contributed by atoms with Gasteiger partial charge in [0.2, 0.25) is 0 Å². The zero-order valence-corrected chi connectivity index (χ0v) is 13.7. The molecule has 0 aromatic carbocycles. The summed E-state index contributed by atoms with van der Waals surface area (Å²) < 4.78 is 5.70. The summed E-state index contributed by atoms with van der Waals surface area (Å²) in [7, 11) is 0. The Kier molecular flexibility index (Phi) is 5.22. The smallest absolute Gasteiger partial charge is 0.129 e. The van der Waals surface area contributed by atoms with E-state index < -0.39 is 0 Å². The Balaban J connectivity index is 2.16. The maximum Gasteiger partial charge on any atom is 0.129 e. The van der Waals surface area contributed by atoms with Gasteiger partial charge in [-0.05, 0) is 37.5 Å². The molecule has 4 nitrogen and oxygen atoms in total. The van der Waals surface area contributed by atoms with E-state index in [2.05, 4.69) is 25.7 Å². The quantitative estimate of drug-likeness (QED) is 0.927. The van der Waals surface area contributed by atoms with E-state index in [1.165, 1.54) is 0 Å². The molecule has 1 saturated heterocycles. The van der Waals surface area contributed by atoms with Crippen molar-refractivity contribution in [3.63, 3.8) is 0 Å². The second kappa shape index (κ2) is 6.75. The van der Waals surface area contributed by atoms with Gasteiger partial charge in [-0.15, -0.1) is 0 Å². The lowest BCUT2D eigenvalue weighted by atomic mass is 9.90. The summed E-state index contributed by atoms with van der Waals surface area (Å²) in [5.41, 5.74) is 1.97. The number of nitrogens with zero attached hydrogens (tertiary/aromatic N) is 2. The zero-order chi connectivity index (χ0) is 15.5. The highest BCUT2D eigenvalue weighted by Crippen LogP contribution is 2.27. The number of piperidine rings is 1. The largest absolute Gasteiger partial charge is 0.392 e. The van der Waals surface area contributed by atoms with Gasteiger partial charge in [0, 0.05) is 30.8 Å². The van der Waals surface area contributed by atoms with Gasteiger partial charge in [-0.2, -0.15) is 0 Å². The van der Waals surface area contributed by atoms with Crippen LogP contribution in [0.25, 0.3) is 0 Å². The van der Waals surface area contributed by atoms with Crippen molar-refractivity contribution in [2.75, 3.05) is 24.6 Å². The third-order valence-corrected chi connectivity index (χ3v) is 3.99. The Morgan fingerprint density at radius 2 is 1.95 bits per heavy atom. The van der Waals surface area contributed by atoms with E-state index in [1.807, 2.05) is 19.1 Å². The van der Waals surface area contributed by atoms with Gasteiger partial charge in [0.1, 0.15) is 5.82 Å². The summed E-state index contributed by atoms with van der Waals surface area (Å²) >= 11 is 0. The van der Waals surface area contributed by atoms with Gasteiger partial charge >= 0.3 is 0 Å². The molecule has 0 bridgehead atoms. The SMILES string of the molecule is CCOC1CCN(c2cc(CO)cc(C(C)(C)C)n2)CC1. The topological polar surface area (TPSA) is 45.6 Å². The van der Waals surface area contributed by atoms with Crippen LogP contribution in [0, 0.1) is 0 Å². The molecular weight excluding hydrogens is 264 g/mol. The molecule has 1 N–H and O–H groups in total. The number of ether oxygens (including phenoxy) is 1. The lowest BCUT2D eigenvalue weighted by Crippen LogP contribution is -2.38. The van der Waals surface area contributed by atoms with Gasteiger partial charge in [-0.3, -0.25) is 0 Å². The van der Waals surface area contributed by atoms with E-state index in [0.29, 0.717) is 6.10 Å². The first-order valence-electron chi connectivity index (χ1n) is 7.93. The number of aliphatic hydroxyl groups is 1. The van der Waals surface area contributed by atoms with Crippen molar-refractivity contribution in [1.82, 2.24) is 4.98 Å². The molecule has 1 aliphatic heterocycles. The van der Waals surface area contributed by atoms with Gasteiger partial charge in [0.25, 0.3) is 0 Å². The van der Waals surface area contributed by atoms with Gasteiger partial charge < -0.3 is 14.7 Å². The zero-order valence-electron chi connectivity index (χ0n) is 13.7. The summed E-state index contributed by atoms with van der Waals surface area (Å²) in [6.07, 6.45) is 2.47. The predicted octanol–water partition coefficient (Wildman–Crippen LogP) is 2.88. The van der Waals surface area contributed by atoms with Crippen LogP contribution < -0.4 is 4.90 Å².